The molecule has 3 heteroatoms. The topological polar surface area (TPSA) is 26.3 Å². The van der Waals surface area contributed by atoms with Crippen molar-refractivity contribution >= 4 is 27.4 Å². The Bertz CT molecular complexity index is 459. The summed E-state index contributed by atoms with van der Waals surface area (Å²) >= 11 is 1.67. The largest absolute Gasteiger partial charge is 0.462 e. The van der Waals surface area contributed by atoms with Gasteiger partial charge >= 0.3 is 5.97 Å². The molecule has 2 rings (SSSR count). The van der Waals surface area contributed by atoms with Crippen molar-refractivity contribution in [3.05, 3.63) is 35.2 Å². The van der Waals surface area contributed by atoms with E-state index in [0.29, 0.717) is 12.2 Å². The van der Waals surface area contributed by atoms with Gasteiger partial charge in [-0.2, -0.15) is 0 Å². The van der Waals surface area contributed by atoms with Gasteiger partial charge in [-0.3, -0.25) is 0 Å². The molecule has 14 heavy (non-hydrogen) atoms. The molecular formula is C11H10O2S. The van der Waals surface area contributed by atoms with Crippen LogP contribution in [0.1, 0.15) is 17.3 Å². The molecule has 0 saturated carbocycles. The first-order valence-corrected chi connectivity index (χ1v) is 5.33. The lowest BCUT2D eigenvalue weighted by Crippen LogP contribution is -2.03. The highest BCUT2D eigenvalue weighted by Crippen LogP contribution is 2.21. The first kappa shape index (κ1) is 9.21. The molecule has 1 heterocycles. The van der Waals surface area contributed by atoms with Crippen LogP contribution in [0.15, 0.2) is 29.6 Å². The molecule has 0 N–H and O–H groups in total. The lowest BCUT2D eigenvalue weighted by molar-refractivity contribution is 0.0526. The van der Waals surface area contributed by atoms with Gasteiger partial charge in [0.2, 0.25) is 0 Å². The van der Waals surface area contributed by atoms with Gasteiger partial charge in [0.15, 0.2) is 0 Å². The highest BCUT2D eigenvalue weighted by atomic mass is 32.1. The number of benzene rings is 1. The first-order chi connectivity index (χ1) is 6.81. The fraction of sp³-hybridized carbons (Fsp3) is 0.182. The molecule has 0 fully saturated rings. The maximum atomic E-state index is 11.4. The SMILES string of the molecule is CCOC(=O)c1ccc2sccc2c1. The molecular weight excluding hydrogens is 196 g/mol. The number of hydrogen-bond acceptors (Lipinski definition) is 3. The zero-order valence-corrected chi connectivity index (χ0v) is 8.64. The Labute approximate surface area is 86.1 Å². The minimum Gasteiger partial charge on any atom is -0.462 e. The van der Waals surface area contributed by atoms with Crippen LogP contribution in [-0.2, 0) is 4.74 Å². The summed E-state index contributed by atoms with van der Waals surface area (Å²) in [6.45, 7) is 2.22. The van der Waals surface area contributed by atoms with Crippen LogP contribution in [0.2, 0.25) is 0 Å². The second-order valence-corrected chi connectivity index (χ2v) is 3.84. The molecule has 2 aromatic rings. The molecule has 1 aromatic heterocycles. The Morgan fingerprint density at radius 3 is 3.07 bits per heavy atom. The standard InChI is InChI=1S/C11H10O2S/c1-2-13-11(12)9-3-4-10-8(7-9)5-6-14-10/h3-7H,2H2,1H3. The number of carbonyl (C=O) groups excluding carboxylic acids is 1. The van der Waals surface area contributed by atoms with Crippen LogP contribution in [0.3, 0.4) is 0 Å². The summed E-state index contributed by atoms with van der Waals surface area (Å²) in [6, 6.07) is 7.62. The van der Waals surface area contributed by atoms with Gasteiger partial charge in [-0.25, -0.2) is 4.79 Å². The van der Waals surface area contributed by atoms with Crippen LogP contribution in [0.4, 0.5) is 0 Å². The summed E-state index contributed by atoms with van der Waals surface area (Å²) < 4.78 is 6.11. The predicted molar refractivity (Wildman–Crippen MR) is 57.8 cm³/mol. The Morgan fingerprint density at radius 1 is 1.43 bits per heavy atom. The molecule has 0 atom stereocenters. The minimum atomic E-state index is -0.249. The van der Waals surface area contributed by atoms with Gasteiger partial charge in [0.05, 0.1) is 12.2 Å². The number of esters is 1. The summed E-state index contributed by atoms with van der Waals surface area (Å²) in [6.07, 6.45) is 0. The quantitative estimate of drug-likeness (QED) is 0.706. The third kappa shape index (κ3) is 1.63. The summed E-state index contributed by atoms with van der Waals surface area (Å²) in [5.74, 6) is -0.249. The molecule has 0 unspecified atom stereocenters. The van der Waals surface area contributed by atoms with Crippen molar-refractivity contribution < 1.29 is 9.53 Å². The molecule has 0 aliphatic heterocycles. The van der Waals surface area contributed by atoms with Gasteiger partial charge in [0, 0.05) is 4.70 Å². The normalized spacial score (nSPS) is 10.4. The predicted octanol–water partition coefficient (Wildman–Crippen LogP) is 3.08. The maximum absolute atomic E-state index is 11.4. The maximum Gasteiger partial charge on any atom is 0.338 e. The molecule has 2 nitrogen and oxygen atoms in total. The van der Waals surface area contributed by atoms with E-state index < -0.39 is 0 Å². The van der Waals surface area contributed by atoms with Gasteiger partial charge in [-0.05, 0) is 42.0 Å². The Balaban J connectivity index is 2.38. The third-order valence-corrected chi connectivity index (χ3v) is 2.86. The smallest absolute Gasteiger partial charge is 0.338 e. The molecule has 0 aliphatic carbocycles. The summed E-state index contributed by atoms with van der Waals surface area (Å²) in [4.78, 5) is 11.4. The zero-order valence-electron chi connectivity index (χ0n) is 7.82. The first-order valence-electron chi connectivity index (χ1n) is 4.45. The van der Waals surface area contributed by atoms with Gasteiger partial charge < -0.3 is 4.74 Å². The number of carbonyl (C=O) groups is 1. The second-order valence-electron chi connectivity index (χ2n) is 2.89. The van der Waals surface area contributed by atoms with Crippen LogP contribution in [0, 0.1) is 0 Å². The average molecular weight is 206 g/mol. The lowest BCUT2D eigenvalue weighted by atomic mass is 10.2. The van der Waals surface area contributed by atoms with Gasteiger partial charge in [0.1, 0.15) is 0 Å². The molecule has 0 spiro atoms. The van der Waals surface area contributed by atoms with E-state index in [2.05, 4.69) is 0 Å². The Kier molecular flexibility index (Phi) is 2.50. The summed E-state index contributed by atoms with van der Waals surface area (Å²) in [5.41, 5.74) is 0.623. The Hall–Kier alpha value is -1.35. The van der Waals surface area contributed by atoms with Crippen LogP contribution in [0.25, 0.3) is 10.1 Å². The van der Waals surface area contributed by atoms with Crippen molar-refractivity contribution in [3.8, 4) is 0 Å². The number of rotatable bonds is 2. The highest BCUT2D eigenvalue weighted by Gasteiger charge is 2.06. The van der Waals surface area contributed by atoms with E-state index in [1.165, 1.54) is 4.70 Å². The average Bonchev–Trinajstić information content (AvgIpc) is 2.64. The van der Waals surface area contributed by atoms with Gasteiger partial charge in [-0.15, -0.1) is 11.3 Å². The molecule has 0 aliphatic rings. The van der Waals surface area contributed by atoms with Crippen LogP contribution in [-0.4, -0.2) is 12.6 Å². The number of fused-ring (bicyclic) bond motifs is 1. The molecule has 0 amide bonds. The minimum absolute atomic E-state index is 0.249. The molecule has 0 bridgehead atoms. The lowest BCUT2D eigenvalue weighted by Gasteiger charge is -2.00. The highest BCUT2D eigenvalue weighted by molar-refractivity contribution is 7.17. The fourth-order valence-electron chi connectivity index (χ4n) is 1.31. The van der Waals surface area contributed by atoms with Crippen LogP contribution >= 0.6 is 11.3 Å². The van der Waals surface area contributed by atoms with Crippen molar-refractivity contribution in [2.45, 2.75) is 6.92 Å². The van der Waals surface area contributed by atoms with E-state index >= 15 is 0 Å². The fourth-order valence-corrected chi connectivity index (χ4v) is 2.08. The number of ether oxygens (including phenoxy) is 1. The van der Waals surface area contributed by atoms with Crippen molar-refractivity contribution in [1.29, 1.82) is 0 Å². The van der Waals surface area contributed by atoms with Gasteiger partial charge in [-0.1, -0.05) is 0 Å². The van der Waals surface area contributed by atoms with E-state index in [1.54, 1.807) is 24.3 Å². The van der Waals surface area contributed by atoms with Gasteiger partial charge in [0.25, 0.3) is 0 Å². The summed E-state index contributed by atoms with van der Waals surface area (Å²) in [7, 11) is 0. The van der Waals surface area contributed by atoms with Crippen LogP contribution in [0.5, 0.6) is 0 Å². The van der Waals surface area contributed by atoms with E-state index in [9.17, 15) is 4.79 Å². The van der Waals surface area contributed by atoms with Crippen molar-refractivity contribution in [2.75, 3.05) is 6.61 Å². The van der Waals surface area contributed by atoms with E-state index in [0.717, 1.165) is 5.39 Å². The molecule has 72 valence electrons. The monoisotopic (exact) mass is 206 g/mol. The van der Waals surface area contributed by atoms with Crippen molar-refractivity contribution in [3.63, 3.8) is 0 Å². The molecule has 0 saturated heterocycles. The van der Waals surface area contributed by atoms with Crippen molar-refractivity contribution in [2.24, 2.45) is 0 Å². The number of hydrogen-bond donors (Lipinski definition) is 0. The second kappa shape index (κ2) is 3.80. The third-order valence-electron chi connectivity index (χ3n) is 1.96. The van der Waals surface area contributed by atoms with Crippen molar-refractivity contribution in [1.82, 2.24) is 0 Å². The zero-order chi connectivity index (χ0) is 9.97. The Morgan fingerprint density at radius 2 is 2.29 bits per heavy atom. The summed E-state index contributed by atoms with van der Waals surface area (Å²) in [5, 5.41) is 3.11. The van der Waals surface area contributed by atoms with E-state index in [-0.39, 0.29) is 5.97 Å². The molecule has 1 aromatic carbocycles. The van der Waals surface area contributed by atoms with Crippen LogP contribution < -0.4 is 0 Å². The van der Waals surface area contributed by atoms with E-state index in [1.807, 2.05) is 23.6 Å². The van der Waals surface area contributed by atoms with E-state index in [4.69, 9.17) is 4.74 Å². The molecule has 0 radical (unpaired) electrons. The number of thiophene rings is 1.